The van der Waals surface area contributed by atoms with Gasteiger partial charge in [-0.2, -0.15) is 0 Å². The lowest BCUT2D eigenvalue weighted by Crippen LogP contribution is -2.26. The molecule has 2 fully saturated rings. The van der Waals surface area contributed by atoms with Crippen LogP contribution in [-0.4, -0.2) is 11.2 Å². The minimum atomic E-state index is -0.0332. The first-order valence-corrected chi connectivity index (χ1v) is 6.74. The molecule has 2 saturated carbocycles. The fourth-order valence-corrected chi connectivity index (χ4v) is 3.64. The third-order valence-corrected chi connectivity index (χ3v) is 4.56. The number of aliphatic hydroxyl groups excluding tert-OH is 1. The van der Waals surface area contributed by atoms with Crippen molar-refractivity contribution in [2.45, 2.75) is 31.8 Å². The maximum atomic E-state index is 10.1. The van der Waals surface area contributed by atoms with E-state index >= 15 is 0 Å². The Hall–Kier alpha value is -1.08. The van der Waals surface area contributed by atoms with Crippen molar-refractivity contribution in [2.75, 3.05) is 0 Å². The molecule has 0 saturated heterocycles. The van der Waals surface area contributed by atoms with Crippen LogP contribution in [0.2, 0.25) is 0 Å². The summed E-state index contributed by atoms with van der Waals surface area (Å²) in [6.07, 6.45) is 9.29. The zero-order chi connectivity index (χ0) is 11.7. The molecule has 90 valence electrons. The van der Waals surface area contributed by atoms with Gasteiger partial charge in [0.05, 0.1) is 6.10 Å². The van der Waals surface area contributed by atoms with E-state index in [9.17, 15) is 5.11 Å². The first kappa shape index (κ1) is 11.0. The predicted molar refractivity (Wildman–Crippen MR) is 70.4 cm³/mol. The fraction of sp³-hybridized carbons (Fsp3) is 0.500. The number of allylic oxidation sites excluding steroid dienone is 1. The summed E-state index contributed by atoms with van der Waals surface area (Å²) in [5, 5.41) is 10.1. The van der Waals surface area contributed by atoms with Gasteiger partial charge in [-0.05, 0) is 49.0 Å². The molecule has 0 spiro atoms. The minimum Gasteiger partial charge on any atom is -0.393 e. The molecule has 0 radical (unpaired) electrons. The van der Waals surface area contributed by atoms with Crippen LogP contribution in [0.1, 0.15) is 31.2 Å². The summed E-state index contributed by atoms with van der Waals surface area (Å²) < 4.78 is 0. The van der Waals surface area contributed by atoms with Gasteiger partial charge in [0.1, 0.15) is 0 Å². The summed E-state index contributed by atoms with van der Waals surface area (Å²) in [4.78, 5) is 0. The first-order chi connectivity index (χ1) is 8.34. The summed E-state index contributed by atoms with van der Waals surface area (Å²) in [6.45, 7) is 0. The van der Waals surface area contributed by atoms with E-state index in [2.05, 4.69) is 36.4 Å². The second-order valence-corrected chi connectivity index (χ2v) is 5.54. The molecule has 2 aliphatic rings. The molecule has 0 aromatic heterocycles. The Labute approximate surface area is 103 Å². The number of fused-ring (bicyclic) bond motifs is 2. The molecule has 3 rings (SSSR count). The van der Waals surface area contributed by atoms with E-state index in [0.717, 1.165) is 12.3 Å². The first-order valence-electron chi connectivity index (χ1n) is 6.74. The van der Waals surface area contributed by atoms with Crippen molar-refractivity contribution in [3.63, 3.8) is 0 Å². The van der Waals surface area contributed by atoms with Crippen molar-refractivity contribution in [3.05, 3.63) is 42.0 Å². The highest BCUT2D eigenvalue weighted by Gasteiger charge is 2.45. The van der Waals surface area contributed by atoms with Crippen LogP contribution < -0.4 is 0 Å². The largest absolute Gasteiger partial charge is 0.393 e. The third-order valence-electron chi connectivity index (χ3n) is 4.56. The summed E-state index contributed by atoms with van der Waals surface area (Å²) in [5.41, 5.74) is 1.25. The maximum absolute atomic E-state index is 10.1. The Kier molecular flexibility index (Phi) is 3.02. The highest BCUT2D eigenvalue weighted by molar-refractivity contribution is 5.48. The standard InChI is InChI=1S/C16H20O/c17-16-14-10-9-13(11-14)15(16)8-4-7-12-5-2-1-3-6-12/h1-7,13-17H,8-11H2/b7-4+/t13-,14+,15+,16+/m0/s1. The Morgan fingerprint density at radius 3 is 2.59 bits per heavy atom. The molecule has 0 unspecified atom stereocenters. The average Bonchev–Trinajstić information content (AvgIpc) is 2.94. The summed E-state index contributed by atoms with van der Waals surface area (Å²) in [6, 6.07) is 10.4. The van der Waals surface area contributed by atoms with E-state index in [-0.39, 0.29) is 6.10 Å². The smallest absolute Gasteiger partial charge is 0.0602 e. The van der Waals surface area contributed by atoms with Crippen LogP contribution in [0.3, 0.4) is 0 Å². The zero-order valence-corrected chi connectivity index (χ0v) is 10.1. The molecule has 1 nitrogen and oxygen atoms in total. The molecule has 1 heteroatoms. The molecule has 4 atom stereocenters. The van der Waals surface area contributed by atoms with E-state index in [1.807, 2.05) is 6.07 Å². The van der Waals surface area contributed by atoms with Gasteiger partial charge in [-0.3, -0.25) is 0 Å². The van der Waals surface area contributed by atoms with E-state index in [4.69, 9.17) is 0 Å². The lowest BCUT2D eigenvalue weighted by atomic mass is 9.84. The van der Waals surface area contributed by atoms with E-state index in [1.165, 1.54) is 24.8 Å². The topological polar surface area (TPSA) is 20.2 Å². The average molecular weight is 228 g/mol. The predicted octanol–water partition coefficient (Wildman–Crippen LogP) is 3.50. The highest BCUT2D eigenvalue weighted by atomic mass is 16.3. The van der Waals surface area contributed by atoms with E-state index in [0.29, 0.717) is 11.8 Å². The number of rotatable bonds is 3. The zero-order valence-electron chi connectivity index (χ0n) is 10.1. The van der Waals surface area contributed by atoms with Gasteiger partial charge in [0, 0.05) is 0 Å². The molecule has 17 heavy (non-hydrogen) atoms. The molecule has 0 aliphatic heterocycles. The highest BCUT2D eigenvalue weighted by Crippen LogP contribution is 2.49. The fourth-order valence-electron chi connectivity index (χ4n) is 3.64. The van der Waals surface area contributed by atoms with Crippen LogP contribution in [0.4, 0.5) is 0 Å². The SMILES string of the molecule is O[C@@H]1[C@@H]2CC[C@@H](C2)[C@H]1C/C=C/c1ccccc1. The second kappa shape index (κ2) is 4.66. The van der Waals surface area contributed by atoms with Crippen LogP contribution in [0.25, 0.3) is 6.08 Å². The second-order valence-electron chi connectivity index (χ2n) is 5.54. The van der Waals surface area contributed by atoms with Crippen molar-refractivity contribution in [2.24, 2.45) is 17.8 Å². The van der Waals surface area contributed by atoms with Crippen molar-refractivity contribution in [1.29, 1.82) is 0 Å². The maximum Gasteiger partial charge on any atom is 0.0602 e. The number of benzene rings is 1. The molecule has 0 amide bonds. The Bertz CT molecular complexity index is 393. The van der Waals surface area contributed by atoms with Crippen LogP contribution in [0.5, 0.6) is 0 Å². The van der Waals surface area contributed by atoms with Gasteiger partial charge in [0.2, 0.25) is 0 Å². The van der Waals surface area contributed by atoms with Gasteiger partial charge in [0.25, 0.3) is 0 Å². The van der Waals surface area contributed by atoms with Crippen LogP contribution in [-0.2, 0) is 0 Å². The Morgan fingerprint density at radius 2 is 1.88 bits per heavy atom. The van der Waals surface area contributed by atoms with Crippen LogP contribution >= 0.6 is 0 Å². The van der Waals surface area contributed by atoms with Crippen molar-refractivity contribution >= 4 is 6.08 Å². The van der Waals surface area contributed by atoms with Gasteiger partial charge >= 0.3 is 0 Å². The van der Waals surface area contributed by atoms with E-state index in [1.54, 1.807) is 0 Å². The summed E-state index contributed by atoms with van der Waals surface area (Å²) in [5.74, 6) is 1.92. The van der Waals surface area contributed by atoms with Gasteiger partial charge < -0.3 is 5.11 Å². The number of hydrogen-bond acceptors (Lipinski definition) is 1. The Balaban J connectivity index is 1.60. The van der Waals surface area contributed by atoms with Crippen molar-refractivity contribution in [1.82, 2.24) is 0 Å². The molecule has 2 bridgehead atoms. The molecule has 2 aliphatic carbocycles. The van der Waals surface area contributed by atoms with Gasteiger partial charge in [-0.1, -0.05) is 42.5 Å². The summed E-state index contributed by atoms with van der Waals surface area (Å²) >= 11 is 0. The lowest BCUT2D eigenvalue weighted by molar-refractivity contribution is 0.0604. The van der Waals surface area contributed by atoms with Gasteiger partial charge in [-0.25, -0.2) is 0 Å². The molecule has 1 aromatic rings. The monoisotopic (exact) mass is 228 g/mol. The number of hydrogen-bond donors (Lipinski definition) is 1. The molecule has 0 heterocycles. The number of aliphatic hydroxyl groups is 1. The quantitative estimate of drug-likeness (QED) is 0.839. The van der Waals surface area contributed by atoms with Crippen molar-refractivity contribution < 1.29 is 5.11 Å². The van der Waals surface area contributed by atoms with Gasteiger partial charge in [0.15, 0.2) is 0 Å². The third kappa shape index (κ3) is 2.16. The molecular weight excluding hydrogens is 208 g/mol. The van der Waals surface area contributed by atoms with Crippen molar-refractivity contribution in [3.8, 4) is 0 Å². The normalized spacial score (nSPS) is 35.8. The summed E-state index contributed by atoms with van der Waals surface area (Å²) in [7, 11) is 0. The molecule has 1 aromatic carbocycles. The van der Waals surface area contributed by atoms with Crippen LogP contribution in [0, 0.1) is 17.8 Å². The van der Waals surface area contributed by atoms with Gasteiger partial charge in [-0.15, -0.1) is 0 Å². The van der Waals surface area contributed by atoms with Crippen LogP contribution in [0.15, 0.2) is 36.4 Å². The molecular formula is C16H20O. The Morgan fingerprint density at radius 1 is 1.12 bits per heavy atom. The molecule has 1 N–H and O–H groups in total. The minimum absolute atomic E-state index is 0.0332. The van der Waals surface area contributed by atoms with E-state index < -0.39 is 0 Å². The lowest BCUT2D eigenvalue weighted by Gasteiger charge is -2.25.